The van der Waals surface area contributed by atoms with Crippen molar-refractivity contribution in [3.63, 3.8) is 0 Å². The van der Waals surface area contributed by atoms with Crippen LogP contribution in [0.2, 0.25) is 0 Å². The Labute approximate surface area is 113 Å². The van der Waals surface area contributed by atoms with E-state index in [0.29, 0.717) is 5.92 Å². The van der Waals surface area contributed by atoms with Crippen molar-refractivity contribution in [2.75, 3.05) is 6.61 Å². The van der Waals surface area contributed by atoms with Crippen molar-refractivity contribution in [3.05, 3.63) is 34.3 Å². The molecule has 96 valence electrons. The van der Waals surface area contributed by atoms with Gasteiger partial charge in [0.2, 0.25) is 0 Å². The monoisotopic (exact) mass is 299 g/mol. The summed E-state index contributed by atoms with van der Waals surface area (Å²) in [5.41, 5.74) is 7.29. The highest BCUT2D eigenvalue weighted by Crippen LogP contribution is 2.24. The van der Waals surface area contributed by atoms with E-state index >= 15 is 0 Å². The van der Waals surface area contributed by atoms with Crippen LogP contribution >= 0.6 is 15.9 Å². The number of benzene rings is 1. The summed E-state index contributed by atoms with van der Waals surface area (Å²) >= 11 is 3.44. The van der Waals surface area contributed by atoms with Crippen LogP contribution < -0.4 is 5.73 Å². The normalized spacial score (nSPS) is 14.9. The summed E-state index contributed by atoms with van der Waals surface area (Å²) in [5, 5.41) is 0. The first-order chi connectivity index (χ1) is 8.04. The summed E-state index contributed by atoms with van der Waals surface area (Å²) in [4.78, 5) is 0. The summed E-state index contributed by atoms with van der Waals surface area (Å²) in [6, 6.07) is 8.26. The summed E-state index contributed by atoms with van der Waals surface area (Å²) in [6.45, 7) is 7.13. The van der Waals surface area contributed by atoms with Gasteiger partial charge < -0.3 is 10.5 Å². The minimum atomic E-state index is -0.00417. The van der Waals surface area contributed by atoms with Crippen LogP contribution in [-0.4, -0.2) is 12.6 Å². The minimum absolute atomic E-state index is 0.00417. The Hall–Kier alpha value is -0.380. The van der Waals surface area contributed by atoms with Crippen LogP contribution in [0.25, 0.3) is 0 Å². The maximum Gasteiger partial charge on any atom is 0.0975 e. The van der Waals surface area contributed by atoms with Crippen molar-refractivity contribution < 1.29 is 4.74 Å². The van der Waals surface area contributed by atoms with Gasteiger partial charge in [0.15, 0.2) is 0 Å². The lowest BCUT2D eigenvalue weighted by atomic mass is 10.0. The molecule has 2 nitrogen and oxygen atoms in total. The largest absolute Gasteiger partial charge is 0.372 e. The number of rotatable bonds is 6. The molecule has 17 heavy (non-hydrogen) atoms. The van der Waals surface area contributed by atoms with Crippen molar-refractivity contribution in [1.29, 1.82) is 0 Å². The molecule has 0 aliphatic rings. The lowest BCUT2D eigenvalue weighted by Gasteiger charge is -2.25. The van der Waals surface area contributed by atoms with Crippen LogP contribution in [0.15, 0.2) is 28.7 Å². The Kier molecular flexibility index (Phi) is 6.17. The number of hydrogen-bond donors (Lipinski definition) is 1. The zero-order valence-electron chi connectivity index (χ0n) is 10.8. The van der Waals surface area contributed by atoms with E-state index in [1.54, 1.807) is 0 Å². The molecule has 2 unspecified atom stereocenters. The highest BCUT2D eigenvalue weighted by molar-refractivity contribution is 9.10. The Balaban J connectivity index is 2.78. The zero-order chi connectivity index (χ0) is 12.8. The van der Waals surface area contributed by atoms with Gasteiger partial charge in [-0.3, -0.25) is 0 Å². The maximum absolute atomic E-state index is 6.14. The number of ether oxygens (including phenoxy) is 1. The molecule has 1 rings (SSSR count). The quantitative estimate of drug-likeness (QED) is 0.864. The van der Waals surface area contributed by atoms with Gasteiger partial charge in [-0.1, -0.05) is 48.8 Å². The predicted octanol–water partition coefficient (Wildman–Crippen LogP) is 3.90. The van der Waals surface area contributed by atoms with Gasteiger partial charge >= 0.3 is 0 Å². The highest BCUT2D eigenvalue weighted by Gasteiger charge is 2.19. The maximum atomic E-state index is 6.14. The van der Waals surface area contributed by atoms with E-state index in [-0.39, 0.29) is 12.1 Å². The van der Waals surface area contributed by atoms with Gasteiger partial charge in [0.25, 0.3) is 0 Å². The zero-order valence-corrected chi connectivity index (χ0v) is 12.4. The molecule has 0 amide bonds. The second-order valence-corrected chi connectivity index (χ2v) is 5.69. The van der Waals surface area contributed by atoms with Gasteiger partial charge in [0, 0.05) is 17.1 Å². The number of hydrogen-bond acceptors (Lipinski definition) is 2. The van der Waals surface area contributed by atoms with E-state index in [1.807, 2.05) is 12.1 Å². The molecule has 1 aromatic carbocycles. The summed E-state index contributed by atoms with van der Waals surface area (Å²) in [7, 11) is 0. The van der Waals surface area contributed by atoms with Gasteiger partial charge in [0.05, 0.1) is 6.10 Å². The summed E-state index contributed by atoms with van der Waals surface area (Å²) in [5.74, 6) is 0.525. The van der Waals surface area contributed by atoms with Crippen LogP contribution in [0.3, 0.4) is 0 Å². The molecule has 2 N–H and O–H groups in total. The van der Waals surface area contributed by atoms with Crippen molar-refractivity contribution in [3.8, 4) is 0 Å². The predicted molar refractivity (Wildman–Crippen MR) is 75.9 cm³/mol. The molecule has 0 spiro atoms. The molecule has 0 fully saturated rings. The third kappa shape index (κ3) is 4.78. The summed E-state index contributed by atoms with van der Waals surface area (Å²) in [6.07, 6.45) is 0.911. The second-order valence-electron chi connectivity index (χ2n) is 4.77. The van der Waals surface area contributed by atoms with E-state index in [0.717, 1.165) is 23.1 Å². The van der Waals surface area contributed by atoms with Crippen molar-refractivity contribution in [2.24, 2.45) is 11.7 Å². The Morgan fingerprint density at radius 1 is 1.24 bits per heavy atom. The highest BCUT2D eigenvalue weighted by atomic mass is 79.9. The molecule has 0 radical (unpaired) electrons. The average Bonchev–Trinajstić information content (AvgIpc) is 2.30. The fourth-order valence-corrected chi connectivity index (χ4v) is 1.89. The molecule has 0 saturated heterocycles. The smallest absolute Gasteiger partial charge is 0.0975 e. The molecule has 2 atom stereocenters. The molecule has 3 heteroatoms. The molecule has 0 aliphatic heterocycles. The van der Waals surface area contributed by atoms with E-state index in [9.17, 15) is 0 Å². The average molecular weight is 300 g/mol. The van der Waals surface area contributed by atoms with Gasteiger partial charge in [-0.2, -0.15) is 0 Å². The molecule has 1 aromatic rings. The third-order valence-electron chi connectivity index (χ3n) is 2.67. The first kappa shape index (κ1) is 14.7. The first-order valence-electron chi connectivity index (χ1n) is 6.17. The number of halogens is 1. The van der Waals surface area contributed by atoms with E-state index < -0.39 is 0 Å². The van der Waals surface area contributed by atoms with Crippen molar-refractivity contribution >= 4 is 15.9 Å². The van der Waals surface area contributed by atoms with Crippen LogP contribution in [0.4, 0.5) is 0 Å². The Bertz CT molecular complexity index is 323. The van der Waals surface area contributed by atoms with Crippen LogP contribution in [0.1, 0.15) is 38.9 Å². The molecule has 0 bridgehead atoms. The minimum Gasteiger partial charge on any atom is -0.372 e. The molecular weight excluding hydrogens is 278 g/mol. The van der Waals surface area contributed by atoms with Crippen LogP contribution in [0, 0.1) is 5.92 Å². The van der Waals surface area contributed by atoms with Crippen molar-refractivity contribution in [1.82, 2.24) is 0 Å². The lowest BCUT2D eigenvalue weighted by molar-refractivity contribution is 0.0177. The van der Waals surface area contributed by atoms with Gasteiger partial charge in [-0.25, -0.2) is 0 Å². The van der Waals surface area contributed by atoms with Gasteiger partial charge in [-0.15, -0.1) is 0 Å². The van der Waals surface area contributed by atoms with E-state index in [1.165, 1.54) is 0 Å². The van der Waals surface area contributed by atoms with Gasteiger partial charge in [-0.05, 0) is 30.0 Å². The van der Waals surface area contributed by atoms with E-state index in [2.05, 4.69) is 48.8 Å². The van der Waals surface area contributed by atoms with Gasteiger partial charge in [0.1, 0.15) is 0 Å². The summed E-state index contributed by atoms with van der Waals surface area (Å²) < 4.78 is 7.02. The fourth-order valence-electron chi connectivity index (χ4n) is 1.63. The fraction of sp³-hybridized carbons (Fsp3) is 0.571. The Morgan fingerprint density at radius 2 is 1.82 bits per heavy atom. The van der Waals surface area contributed by atoms with Crippen molar-refractivity contribution in [2.45, 2.75) is 39.3 Å². The topological polar surface area (TPSA) is 35.2 Å². The van der Waals surface area contributed by atoms with Crippen LogP contribution in [-0.2, 0) is 4.74 Å². The second kappa shape index (κ2) is 7.14. The molecule has 0 saturated carbocycles. The molecular formula is C14H22BrNO. The molecule has 0 aromatic heterocycles. The van der Waals surface area contributed by atoms with Crippen LogP contribution in [0.5, 0.6) is 0 Å². The number of nitrogens with two attached hydrogens (primary N) is 1. The SMILES string of the molecule is CCC(N)C(OCC(C)C)c1ccc(Br)cc1. The molecule has 0 aliphatic carbocycles. The first-order valence-corrected chi connectivity index (χ1v) is 6.96. The molecule has 0 heterocycles. The lowest BCUT2D eigenvalue weighted by Crippen LogP contribution is -2.30. The third-order valence-corrected chi connectivity index (χ3v) is 3.20. The van der Waals surface area contributed by atoms with E-state index in [4.69, 9.17) is 10.5 Å². The standard InChI is InChI=1S/C14H22BrNO/c1-4-13(16)14(17-9-10(2)3)11-5-7-12(15)8-6-11/h5-8,10,13-14H,4,9,16H2,1-3H3. The Morgan fingerprint density at radius 3 is 2.29 bits per heavy atom.